The molecule has 2 aromatic rings. The van der Waals surface area contributed by atoms with Crippen LogP contribution in [-0.4, -0.2) is 12.9 Å². The van der Waals surface area contributed by atoms with Crippen molar-refractivity contribution in [3.63, 3.8) is 0 Å². The number of nitriles is 1. The van der Waals surface area contributed by atoms with Gasteiger partial charge in [-0.3, -0.25) is 4.79 Å². The topological polar surface area (TPSA) is 50.1 Å². The summed E-state index contributed by atoms with van der Waals surface area (Å²) in [5.74, 6) is -0.585. The average molecular weight is 344 g/mol. The monoisotopic (exact) mass is 343 g/mol. The van der Waals surface area contributed by atoms with Gasteiger partial charge < -0.3 is 4.74 Å². The first-order valence-electron chi connectivity index (χ1n) is 6.42. The molecule has 0 amide bonds. The molecule has 0 heterocycles. The molecule has 0 saturated heterocycles. The van der Waals surface area contributed by atoms with Crippen LogP contribution in [0.15, 0.2) is 46.9 Å². The number of hydrogen-bond donors (Lipinski definition) is 0. The summed E-state index contributed by atoms with van der Waals surface area (Å²) >= 11 is 3.42. The van der Waals surface area contributed by atoms with Gasteiger partial charge in [-0.15, -0.1) is 0 Å². The van der Waals surface area contributed by atoms with E-state index in [4.69, 9.17) is 4.74 Å². The van der Waals surface area contributed by atoms with Gasteiger partial charge in [-0.25, -0.2) is 0 Å². The predicted molar refractivity (Wildman–Crippen MR) is 84.6 cm³/mol. The predicted octanol–water partition coefficient (Wildman–Crippen LogP) is 4.26. The van der Waals surface area contributed by atoms with Crippen LogP contribution in [-0.2, 0) is 0 Å². The SMILES string of the molecule is COc1ccccc1C(C#N)C(=O)c1cccc(C)c1Br. The number of para-hydroxylation sites is 1. The molecule has 2 aromatic carbocycles. The fraction of sp³-hybridized carbons (Fsp3) is 0.176. The maximum Gasteiger partial charge on any atom is 0.185 e. The molecule has 1 atom stereocenters. The van der Waals surface area contributed by atoms with Crippen LogP contribution in [0.2, 0.25) is 0 Å². The second kappa shape index (κ2) is 6.55. The molecule has 0 spiro atoms. The fourth-order valence-electron chi connectivity index (χ4n) is 2.17. The molecule has 21 heavy (non-hydrogen) atoms. The van der Waals surface area contributed by atoms with Crippen molar-refractivity contribution >= 4 is 21.7 Å². The highest BCUT2D eigenvalue weighted by atomic mass is 79.9. The molecule has 4 heteroatoms. The standard InChI is InChI=1S/C17H14BrNO2/c1-11-6-5-8-13(16(11)18)17(20)14(10-19)12-7-3-4-9-15(12)21-2/h3-9,14H,1-2H3. The van der Waals surface area contributed by atoms with E-state index in [0.717, 1.165) is 10.0 Å². The lowest BCUT2D eigenvalue weighted by Crippen LogP contribution is -2.13. The average Bonchev–Trinajstić information content (AvgIpc) is 2.51. The van der Waals surface area contributed by atoms with E-state index in [0.29, 0.717) is 16.9 Å². The van der Waals surface area contributed by atoms with Crippen LogP contribution in [0.3, 0.4) is 0 Å². The van der Waals surface area contributed by atoms with Gasteiger partial charge in [0, 0.05) is 15.6 Å². The van der Waals surface area contributed by atoms with Gasteiger partial charge in [0.25, 0.3) is 0 Å². The minimum Gasteiger partial charge on any atom is -0.496 e. The molecule has 2 rings (SSSR count). The van der Waals surface area contributed by atoms with Gasteiger partial charge in [0.1, 0.15) is 11.7 Å². The van der Waals surface area contributed by atoms with E-state index in [1.54, 1.807) is 24.3 Å². The second-order valence-corrected chi connectivity index (χ2v) is 5.40. The second-order valence-electron chi connectivity index (χ2n) is 4.60. The number of halogens is 1. The Labute approximate surface area is 132 Å². The van der Waals surface area contributed by atoms with Crippen molar-refractivity contribution in [1.82, 2.24) is 0 Å². The molecule has 106 valence electrons. The highest BCUT2D eigenvalue weighted by Gasteiger charge is 2.26. The largest absolute Gasteiger partial charge is 0.496 e. The van der Waals surface area contributed by atoms with Crippen LogP contribution in [0, 0.1) is 18.3 Å². The maximum absolute atomic E-state index is 12.7. The van der Waals surface area contributed by atoms with Gasteiger partial charge >= 0.3 is 0 Å². The van der Waals surface area contributed by atoms with E-state index in [2.05, 4.69) is 22.0 Å². The Kier molecular flexibility index (Phi) is 4.77. The Morgan fingerprint density at radius 2 is 1.95 bits per heavy atom. The number of aryl methyl sites for hydroxylation is 1. The third-order valence-electron chi connectivity index (χ3n) is 3.30. The van der Waals surface area contributed by atoms with E-state index >= 15 is 0 Å². The summed E-state index contributed by atoms with van der Waals surface area (Å²) in [4.78, 5) is 12.7. The molecule has 0 radical (unpaired) electrons. The molecule has 0 aliphatic rings. The first-order chi connectivity index (χ1) is 10.1. The van der Waals surface area contributed by atoms with Gasteiger partial charge in [0.2, 0.25) is 0 Å². The Bertz CT molecular complexity index is 719. The van der Waals surface area contributed by atoms with Crippen LogP contribution in [0.4, 0.5) is 0 Å². The first-order valence-corrected chi connectivity index (χ1v) is 7.21. The number of nitrogens with zero attached hydrogens (tertiary/aromatic N) is 1. The third-order valence-corrected chi connectivity index (χ3v) is 4.35. The maximum atomic E-state index is 12.7. The lowest BCUT2D eigenvalue weighted by atomic mass is 9.90. The number of benzene rings is 2. The van der Waals surface area contributed by atoms with Gasteiger partial charge in [-0.2, -0.15) is 5.26 Å². The summed E-state index contributed by atoms with van der Waals surface area (Å²) in [6.07, 6.45) is 0. The molecule has 3 nitrogen and oxygen atoms in total. The van der Waals surface area contributed by atoms with E-state index in [-0.39, 0.29) is 5.78 Å². The van der Waals surface area contributed by atoms with Gasteiger partial charge in [0.15, 0.2) is 5.78 Å². The number of hydrogen-bond acceptors (Lipinski definition) is 3. The van der Waals surface area contributed by atoms with E-state index in [1.165, 1.54) is 7.11 Å². The van der Waals surface area contributed by atoms with Crippen molar-refractivity contribution in [1.29, 1.82) is 5.26 Å². The smallest absolute Gasteiger partial charge is 0.185 e. The first kappa shape index (κ1) is 15.3. The summed E-state index contributed by atoms with van der Waals surface area (Å²) in [5, 5.41) is 9.45. The van der Waals surface area contributed by atoms with Crippen LogP contribution in [0.5, 0.6) is 5.75 Å². The molecule has 0 fully saturated rings. The van der Waals surface area contributed by atoms with E-state index < -0.39 is 5.92 Å². The number of ether oxygens (including phenoxy) is 1. The van der Waals surface area contributed by atoms with Crippen molar-refractivity contribution in [3.05, 3.63) is 63.6 Å². The Hall–Kier alpha value is -2.12. The van der Waals surface area contributed by atoms with Gasteiger partial charge in [-0.1, -0.05) is 36.4 Å². The number of carbonyl (C=O) groups excluding carboxylic acids is 1. The van der Waals surface area contributed by atoms with Crippen molar-refractivity contribution in [2.75, 3.05) is 7.11 Å². The molecule has 0 aromatic heterocycles. The Morgan fingerprint density at radius 3 is 2.62 bits per heavy atom. The molecule has 0 N–H and O–H groups in total. The minimum absolute atomic E-state index is 0.238. The van der Waals surface area contributed by atoms with Crippen molar-refractivity contribution < 1.29 is 9.53 Å². The fourth-order valence-corrected chi connectivity index (χ4v) is 2.63. The molecule has 0 bridgehead atoms. The van der Waals surface area contributed by atoms with Crippen LogP contribution >= 0.6 is 15.9 Å². The van der Waals surface area contributed by atoms with Gasteiger partial charge in [0.05, 0.1) is 13.2 Å². The molecule has 0 aliphatic heterocycles. The number of methoxy groups -OCH3 is 1. The summed E-state index contributed by atoms with van der Waals surface area (Å²) < 4.78 is 5.98. The molecular formula is C17H14BrNO2. The zero-order valence-corrected chi connectivity index (χ0v) is 13.3. The lowest BCUT2D eigenvalue weighted by Gasteiger charge is -2.14. The highest BCUT2D eigenvalue weighted by molar-refractivity contribution is 9.10. The molecule has 0 saturated carbocycles. The van der Waals surface area contributed by atoms with Crippen molar-refractivity contribution in [3.8, 4) is 11.8 Å². The normalized spacial score (nSPS) is 11.5. The number of carbonyl (C=O) groups is 1. The van der Waals surface area contributed by atoms with E-state index in [9.17, 15) is 10.1 Å². The summed E-state index contributed by atoms with van der Waals surface area (Å²) in [7, 11) is 1.53. The van der Waals surface area contributed by atoms with Crippen LogP contribution in [0.25, 0.3) is 0 Å². The molecule has 1 unspecified atom stereocenters. The Morgan fingerprint density at radius 1 is 1.24 bits per heavy atom. The Balaban J connectivity index is 2.49. The van der Waals surface area contributed by atoms with Crippen molar-refractivity contribution in [2.24, 2.45) is 0 Å². The summed E-state index contributed by atoms with van der Waals surface area (Å²) in [6, 6.07) is 14.6. The number of ketones is 1. The molecular weight excluding hydrogens is 330 g/mol. The quantitative estimate of drug-likeness (QED) is 0.779. The van der Waals surface area contributed by atoms with Crippen LogP contribution < -0.4 is 4.74 Å². The zero-order chi connectivity index (χ0) is 15.4. The summed E-state index contributed by atoms with van der Waals surface area (Å²) in [6.45, 7) is 1.91. The zero-order valence-electron chi connectivity index (χ0n) is 11.8. The van der Waals surface area contributed by atoms with Crippen LogP contribution in [0.1, 0.15) is 27.4 Å². The van der Waals surface area contributed by atoms with E-state index in [1.807, 2.05) is 25.1 Å². The number of Topliss-reactive ketones (excluding diaryl/α,β-unsaturated/α-hetero) is 1. The minimum atomic E-state index is -0.890. The molecule has 0 aliphatic carbocycles. The van der Waals surface area contributed by atoms with Gasteiger partial charge in [-0.05, 0) is 34.5 Å². The third kappa shape index (κ3) is 2.98. The van der Waals surface area contributed by atoms with Crippen molar-refractivity contribution in [2.45, 2.75) is 12.8 Å². The highest BCUT2D eigenvalue weighted by Crippen LogP contribution is 2.31. The lowest BCUT2D eigenvalue weighted by molar-refractivity contribution is 0.0977. The summed E-state index contributed by atoms with van der Waals surface area (Å²) in [5.41, 5.74) is 2.05. The number of rotatable bonds is 4.